The third-order valence-corrected chi connectivity index (χ3v) is 8.60. The summed E-state index contributed by atoms with van der Waals surface area (Å²) in [6, 6.07) is 0. The van der Waals surface area contributed by atoms with Crippen LogP contribution >= 0.6 is 0 Å². The summed E-state index contributed by atoms with van der Waals surface area (Å²) in [6.07, 6.45) is 2.74. The van der Waals surface area contributed by atoms with E-state index >= 15 is 0 Å². The third kappa shape index (κ3) is 4.41. The van der Waals surface area contributed by atoms with Gasteiger partial charge in [0.05, 0.1) is 12.7 Å². The van der Waals surface area contributed by atoms with Crippen molar-refractivity contribution in [3.63, 3.8) is 0 Å². The van der Waals surface area contributed by atoms with Gasteiger partial charge in [-0.05, 0) is 38.4 Å². The molecule has 0 aromatic carbocycles. The highest BCUT2D eigenvalue weighted by Gasteiger charge is 2.43. The predicted octanol–water partition coefficient (Wildman–Crippen LogP) is 4.10. The van der Waals surface area contributed by atoms with Crippen LogP contribution in [0.4, 0.5) is 0 Å². The molecule has 1 rings (SSSR count). The Hall–Kier alpha value is -0.163. The molecule has 1 aliphatic rings. The lowest BCUT2D eigenvalue weighted by atomic mass is 10.1. The van der Waals surface area contributed by atoms with Crippen molar-refractivity contribution in [1.82, 2.24) is 0 Å². The second-order valence-electron chi connectivity index (χ2n) is 7.31. The molecule has 2 atom stereocenters. The molecule has 0 amide bonds. The summed E-state index contributed by atoms with van der Waals surface area (Å²) in [7, 11) is -1.73. The first-order valence-electron chi connectivity index (χ1n) is 7.09. The van der Waals surface area contributed by atoms with Gasteiger partial charge in [0.15, 0.2) is 14.1 Å². The Bertz CT molecular complexity index is 318. The molecular formula is C15H30O3Si. The molecule has 0 saturated carbocycles. The molecule has 0 spiro atoms. The minimum atomic E-state index is -1.73. The average Bonchev–Trinajstić information content (AvgIpc) is 2.49. The van der Waals surface area contributed by atoms with Gasteiger partial charge in [0.1, 0.15) is 6.10 Å². The van der Waals surface area contributed by atoms with Crippen LogP contribution in [0.5, 0.6) is 0 Å². The molecular weight excluding hydrogens is 256 g/mol. The van der Waals surface area contributed by atoms with E-state index in [9.17, 15) is 0 Å². The maximum absolute atomic E-state index is 6.25. The molecule has 0 aromatic heterocycles. The molecule has 19 heavy (non-hydrogen) atoms. The van der Waals surface area contributed by atoms with Gasteiger partial charge < -0.3 is 13.9 Å². The maximum Gasteiger partial charge on any atom is 0.192 e. The Morgan fingerprint density at radius 3 is 2.21 bits per heavy atom. The van der Waals surface area contributed by atoms with Crippen molar-refractivity contribution in [3.8, 4) is 0 Å². The van der Waals surface area contributed by atoms with Gasteiger partial charge in [-0.1, -0.05) is 26.8 Å². The highest BCUT2D eigenvalue weighted by molar-refractivity contribution is 6.74. The highest BCUT2D eigenvalue weighted by atomic mass is 28.4. The highest BCUT2D eigenvalue weighted by Crippen LogP contribution is 2.38. The van der Waals surface area contributed by atoms with Crippen LogP contribution in [0, 0.1) is 0 Å². The van der Waals surface area contributed by atoms with E-state index in [1.165, 1.54) is 0 Å². The topological polar surface area (TPSA) is 27.7 Å². The lowest BCUT2D eigenvalue weighted by Gasteiger charge is -2.37. The Morgan fingerprint density at radius 1 is 1.21 bits per heavy atom. The summed E-state index contributed by atoms with van der Waals surface area (Å²) in [5.74, 6) is -0.519. The van der Waals surface area contributed by atoms with Gasteiger partial charge in [0.2, 0.25) is 0 Å². The number of hydrogen-bond donors (Lipinski definition) is 0. The normalized spacial score (nSPS) is 27.5. The van der Waals surface area contributed by atoms with E-state index in [1.807, 2.05) is 19.9 Å². The second-order valence-corrected chi connectivity index (χ2v) is 12.1. The van der Waals surface area contributed by atoms with Crippen LogP contribution in [0.15, 0.2) is 12.7 Å². The van der Waals surface area contributed by atoms with Crippen molar-refractivity contribution >= 4 is 8.32 Å². The van der Waals surface area contributed by atoms with Crippen molar-refractivity contribution < 1.29 is 13.9 Å². The quantitative estimate of drug-likeness (QED) is 0.562. The van der Waals surface area contributed by atoms with E-state index in [0.717, 1.165) is 6.42 Å². The molecule has 4 heteroatoms. The molecule has 0 aliphatic carbocycles. The Morgan fingerprint density at radius 2 is 1.74 bits per heavy atom. The average molecular weight is 286 g/mol. The van der Waals surface area contributed by atoms with Gasteiger partial charge in [-0.25, -0.2) is 0 Å². The first-order valence-corrected chi connectivity index (χ1v) is 10.00. The lowest BCUT2D eigenvalue weighted by Crippen LogP contribution is -2.44. The number of hydrogen-bond acceptors (Lipinski definition) is 3. The molecule has 3 nitrogen and oxygen atoms in total. The number of ether oxygens (including phenoxy) is 2. The Kier molecular flexibility index (Phi) is 5.05. The van der Waals surface area contributed by atoms with Crippen LogP contribution in [0.1, 0.15) is 41.0 Å². The third-order valence-electron chi connectivity index (χ3n) is 4.10. The van der Waals surface area contributed by atoms with E-state index < -0.39 is 14.1 Å². The molecule has 112 valence electrons. The minimum absolute atomic E-state index is 0.00197. The lowest BCUT2D eigenvalue weighted by molar-refractivity contribution is -0.148. The molecule has 1 aliphatic heterocycles. The Balaban J connectivity index is 2.63. The summed E-state index contributed by atoms with van der Waals surface area (Å²) in [5, 5.41) is 0.218. The Labute approximate surface area is 119 Å². The summed E-state index contributed by atoms with van der Waals surface area (Å²) in [4.78, 5) is 0. The molecule has 1 heterocycles. The second kappa shape index (κ2) is 5.68. The molecule has 0 unspecified atom stereocenters. The summed E-state index contributed by atoms with van der Waals surface area (Å²) in [6.45, 7) is 19.6. The molecule has 1 fully saturated rings. The molecule has 0 bridgehead atoms. The van der Waals surface area contributed by atoms with Gasteiger partial charge >= 0.3 is 0 Å². The van der Waals surface area contributed by atoms with Crippen LogP contribution in [0.3, 0.4) is 0 Å². The van der Waals surface area contributed by atoms with Gasteiger partial charge in [-0.15, -0.1) is 6.58 Å². The number of rotatable bonds is 5. The van der Waals surface area contributed by atoms with Crippen LogP contribution in [-0.4, -0.2) is 32.9 Å². The smallest absolute Gasteiger partial charge is 0.192 e. The monoisotopic (exact) mass is 286 g/mol. The standard InChI is InChI=1S/C15H30O3Si/c1-9-10-12-13(18-15(5,6)17-12)11-16-19(7,8)14(2,3)4/h9,12-13H,1,10-11H2,2-8H3/t12-,13+/m0/s1. The zero-order valence-corrected chi connectivity index (χ0v) is 14.6. The van der Waals surface area contributed by atoms with E-state index in [1.54, 1.807) is 0 Å². The minimum Gasteiger partial charge on any atom is -0.414 e. The van der Waals surface area contributed by atoms with Crippen LogP contribution in [-0.2, 0) is 13.9 Å². The summed E-state index contributed by atoms with van der Waals surface area (Å²) >= 11 is 0. The van der Waals surface area contributed by atoms with Gasteiger partial charge in [-0.3, -0.25) is 0 Å². The van der Waals surface area contributed by atoms with Crippen LogP contribution in [0.25, 0.3) is 0 Å². The largest absolute Gasteiger partial charge is 0.414 e. The van der Waals surface area contributed by atoms with Crippen molar-refractivity contribution in [1.29, 1.82) is 0 Å². The van der Waals surface area contributed by atoms with Gasteiger partial charge in [0, 0.05) is 0 Å². The predicted molar refractivity (Wildman–Crippen MR) is 81.8 cm³/mol. The van der Waals surface area contributed by atoms with E-state index in [4.69, 9.17) is 13.9 Å². The fourth-order valence-electron chi connectivity index (χ4n) is 1.92. The summed E-state index contributed by atoms with van der Waals surface area (Å²) in [5.41, 5.74) is 0. The zero-order valence-electron chi connectivity index (χ0n) is 13.6. The van der Waals surface area contributed by atoms with Crippen molar-refractivity contribution in [2.45, 2.75) is 77.2 Å². The fraction of sp³-hybridized carbons (Fsp3) is 0.867. The first kappa shape index (κ1) is 16.9. The van der Waals surface area contributed by atoms with E-state index in [-0.39, 0.29) is 17.2 Å². The molecule has 0 N–H and O–H groups in total. The molecule has 1 saturated heterocycles. The van der Waals surface area contributed by atoms with Gasteiger partial charge in [0.25, 0.3) is 0 Å². The molecule has 0 aromatic rings. The maximum atomic E-state index is 6.25. The van der Waals surface area contributed by atoms with Crippen molar-refractivity contribution in [2.24, 2.45) is 0 Å². The van der Waals surface area contributed by atoms with Crippen LogP contribution in [0.2, 0.25) is 18.1 Å². The molecule has 0 radical (unpaired) electrons. The van der Waals surface area contributed by atoms with Gasteiger partial charge in [-0.2, -0.15) is 0 Å². The van der Waals surface area contributed by atoms with E-state index in [0.29, 0.717) is 6.61 Å². The SMILES string of the molecule is C=CC[C@@H]1OC(C)(C)O[C@@H]1CO[Si](C)(C)C(C)(C)C. The van der Waals surface area contributed by atoms with Crippen LogP contribution < -0.4 is 0 Å². The van der Waals surface area contributed by atoms with E-state index in [2.05, 4.69) is 40.4 Å². The summed E-state index contributed by atoms with van der Waals surface area (Å²) < 4.78 is 18.1. The van der Waals surface area contributed by atoms with Crippen molar-refractivity contribution in [3.05, 3.63) is 12.7 Å². The first-order chi connectivity index (χ1) is 8.48. The zero-order chi connectivity index (χ0) is 14.9. The fourth-order valence-corrected chi connectivity index (χ4v) is 2.94. The van der Waals surface area contributed by atoms with Crippen molar-refractivity contribution in [2.75, 3.05) is 6.61 Å².